The van der Waals surface area contributed by atoms with E-state index >= 15 is 0 Å². The Bertz CT molecular complexity index is 504. The molecule has 0 aromatic heterocycles. The molecule has 1 heterocycles. The summed E-state index contributed by atoms with van der Waals surface area (Å²) in [6, 6.07) is 5.48. The van der Waals surface area contributed by atoms with Crippen LogP contribution in [0.5, 0.6) is 0 Å². The first-order valence-electron chi connectivity index (χ1n) is 7.00. The van der Waals surface area contributed by atoms with Gasteiger partial charge in [0.1, 0.15) is 0 Å². The number of aliphatic hydroxyl groups excluding tert-OH is 1. The lowest BCUT2D eigenvalue weighted by molar-refractivity contribution is -0.208. The van der Waals surface area contributed by atoms with E-state index in [9.17, 15) is 5.11 Å². The molecule has 0 spiro atoms. The Balaban J connectivity index is 1.80. The maximum atomic E-state index is 9.89. The minimum atomic E-state index is -0.421. The van der Waals surface area contributed by atoms with E-state index in [0.29, 0.717) is 36.0 Å². The van der Waals surface area contributed by atoms with Gasteiger partial charge in [0.05, 0.1) is 28.9 Å². The van der Waals surface area contributed by atoms with Crippen LogP contribution in [-0.2, 0) is 9.47 Å². The third-order valence-corrected chi connectivity index (χ3v) is 4.96. The molecule has 3 atom stereocenters. The predicted molar refractivity (Wildman–Crippen MR) is 90.4 cm³/mol. The van der Waals surface area contributed by atoms with Crippen LogP contribution in [0.25, 0.3) is 0 Å². The van der Waals surface area contributed by atoms with E-state index in [1.165, 1.54) is 11.9 Å². The molecule has 0 bridgehead atoms. The van der Waals surface area contributed by atoms with E-state index in [0.717, 1.165) is 4.90 Å². The molecule has 3 unspecified atom stereocenters. The average Bonchev–Trinajstić information content (AvgIpc) is 2.49. The van der Waals surface area contributed by atoms with E-state index in [-0.39, 0.29) is 6.10 Å². The summed E-state index contributed by atoms with van der Waals surface area (Å²) in [6.07, 6.45) is 1.78. The van der Waals surface area contributed by atoms with E-state index in [2.05, 4.69) is 11.3 Å². The quantitative estimate of drug-likeness (QED) is 0.571. The first kappa shape index (κ1) is 18.1. The minimum absolute atomic E-state index is 0.121. The lowest BCUT2D eigenvalue weighted by Gasteiger charge is -2.32. The molecule has 1 aromatic carbocycles. The van der Waals surface area contributed by atoms with Crippen molar-refractivity contribution in [3.8, 4) is 0 Å². The molecular formula is C15H19Cl2NO3S. The van der Waals surface area contributed by atoms with Crippen molar-refractivity contribution < 1.29 is 14.6 Å². The number of hydrogen-bond donors (Lipinski definition) is 2. The van der Waals surface area contributed by atoms with Crippen LogP contribution in [0.1, 0.15) is 12.8 Å². The van der Waals surface area contributed by atoms with Crippen LogP contribution in [0.2, 0.25) is 10.0 Å². The Morgan fingerprint density at radius 2 is 2.27 bits per heavy atom. The topological polar surface area (TPSA) is 50.7 Å². The lowest BCUT2D eigenvalue weighted by atomic mass is 10.1. The van der Waals surface area contributed by atoms with Gasteiger partial charge in [0.2, 0.25) is 0 Å². The molecule has 1 aliphatic rings. The Hall–Kier alpha value is -0.270. The summed E-state index contributed by atoms with van der Waals surface area (Å²) in [6.45, 7) is 4.57. The highest BCUT2D eigenvalue weighted by Gasteiger charge is 2.28. The second-order valence-corrected chi connectivity index (χ2v) is 6.66. The van der Waals surface area contributed by atoms with Gasteiger partial charge in [0.15, 0.2) is 6.29 Å². The fourth-order valence-corrected chi connectivity index (χ4v) is 3.38. The maximum Gasteiger partial charge on any atom is 0.160 e. The number of halogens is 2. The third kappa shape index (κ3) is 5.42. The molecule has 0 amide bonds. The van der Waals surface area contributed by atoms with Crippen molar-refractivity contribution in [3.63, 3.8) is 0 Å². The maximum absolute atomic E-state index is 9.89. The fourth-order valence-electron chi connectivity index (χ4n) is 2.14. The van der Waals surface area contributed by atoms with Gasteiger partial charge in [-0.05, 0) is 24.1 Å². The van der Waals surface area contributed by atoms with Crippen molar-refractivity contribution in [3.05, 3.63) is 40.9 Å². The number of hydrogen-bond acceptors (Lipinski definition) is 5. The molecule has 1 aromatic rings. The zero-order valence-electron chi connectivity index (χ0n) is 12.0. The number of aliphatic hydroxyl groups is 1. The van der Waals surface area contributed by atoms with E-state index in [1.807, 2.05) is 12.1 Å². The van der Waals surface area contributed by atoms with Crippen molar-refractivity contribution in [1.82, 2.24) is 4.72 Å². The summed E-state index contributed by atoms with van der Waals surface area (Å²) in [5.74, 6) is 0. The number of nitrogens with one attached hydrogen (secondary N) is 1. The summed E-state index contributed by atoms with van der Waals surface area (Å²) in [7, 11) is 0. The second-order valence-electron chi connectivity index (χ2n) is 4.94. The van der Waals surface area contributed by atoms with Crippen LogP contribution in [0.15, 0.2) is 35.7 Å². The zero-order chi connectivity index (χ0) is 15.9. The first-order valence-corrected chi connectivity index (χ1v) is 8.57. The summed E-state index contributed by atoms with van der Waals surface area (Å²) in [4.78, 5) is 0.852. The molecule has 1 fully saturated rings. The van der Waals surface area contributed by atoms with Gasteiger partial charge in [-0.3, -0.25) is 4.72 Å². The van der Waals surface area contributed by atoms with Crippen molar-refractivity contribution in [1.29, 1.82) is 0 Å². The SMILES string of the molecule is C=CCOC1CC(O)CC(CNSc2cccc(Cl)c2Cl)O1. The Labute approximate surface area is 144 Å². The number of rotatable bonds is 7. The van der Waals surface area contributed by atoms with Crippen LogP contribution in [0.4, 0.5) is 0 Å². The number of benzene rings is 1. The average molecular weight is 364 g/mol. The van der Waals surface area contributed by atoms with Gasteiger partial charge in [-0.2, -0.15) is 0 Å². The van der Waals surface area contributed by atoms with E-state index in [1.54, 1.807) is 12.1 Å². The van der Waals surface area contributed by atoms with Crippen molar-refractivity contribution in [2.45, 2.75) is 36.2 Å². The lowest BCUT2D eigenvalue weighted by Crippen LogP contribution is -2.41. The van der Waals surface area contributed by atoms with Gasteiger partial charge < -0.3 is 14.6 Å². The summed E-state index contributed by atoms with van der Waals surface area (Å²) < 4.78 is 14.4. The molecule has 4 nitrogen and oxygen atoms in total. The van der Waals surface area contributed by atoms with Crippen LogP contribution in [-0.4, -0.2) is 36.8 Å². The molecule has 7 heteroatoms. The molecule has 0 saturated carbocycles. The molecular weight excluding hydrogens is 345 g/mol. The van der Waals surface area contributed by atoms with Crippen LogP contribution < -0.4 is 4.72 Å². The van der Waals surface area contributed by atoms with Crippen LogP contribution in [0.3, 0.4) is 0 Å². The molecule has 2 N–H and O–H groups in total. The highest BCUT2D eigenvalue weighted by molar-refractivity contribution is 7.97. The fraction of sp³-hybridized carbons (Fsp3) is 0.467. The molecule has 1 aliphatic heterocycles. The van der Waals surface area contributed by atoms with Crippen molar-refractivity contribution >= 4 is 35.1 Å². The van der Waals surface area contributed by atoms with E-state index in [4.69, 9.17) is 32.7 Å². The van der Waals surface area contributed by atoms with Gasteiger partial charge >= 0.3 is 0 Å². The molecule has 22 heavy (non-hydrogen) atoms. The predicted octanol–water partition coefficient (Wildman–Crippen LogP) is 3.66. The smallest absolute Gasteiger partial charge is 0.160 e. The van der Waals surface area contributed by atoms with Gasteiger partial charge in [0.25, 0.3) is 0 Å². The standard InChI is InChI=1S/C15H19Cl2NO3S/c1-2-6-20-14-8-10(19)7-11(21-14)9-18-22-13-5-3-4-12(16)15(13)17/h2-5,10-11,14,18-19H,1,6-9H2. The van der Waals surface area contributed by atoms with Crippen molar-refractivity contribution in [2.24, 2.45) is 0 Å². The molecule has 0 radical (unpaired) electrons. The Morgan fingerprint density at radius 1 is 1.45 bits per heavy atom. The highest BCUT2D eigenvalue weighted by atomic mass is 35.5. The van der Waals surface area contributed by atoms with Gasteiger partial charge in [-0.25, -0.2) is 0 Å². The molecule has 1 saturated heterocycles. The molecule has 0 aliphatic carbocycles. The molecule has 2 rings (SSSR count). The Morgan fingerprint density at radius 3 is 3.05 bits per heavy atom. The van der Waals surface area contributed by atoms with E-state index < -0.39 is 12.4 Å². The van der Waals surface area contributed by atoms with Gasteiger partial charge in [0, 0.05) is 24.3 Å². The first-order chi connectivity index (χ1) is 10.6. The highest BCUT2D eigenvalue weighted by Crippen LogP contribution is 2.31. The van der Waals surface area contributed by atoms with Gasteiger partial charge in [-0.15, -0.1) is 6.58 Å². The second kappa shape index (κ2) is 9.13. The summed E-state index contributed by atoms with van der Waals surface area (Å²) in [5, 5.41) is 10.9. The third-order valence-electron chi connectivity index (χ3n) is 3.15. The zero-order valence-corrected chi connectivity index (χ0v) is 14.3. The largest absolute Gasteiger partial charge is 0.393 e. The van der Waals surface area contributed by atoms with Gasteiger partial charge in [-0.1, -0.05) is 35.3 Å². The normalized spacial score (nSPS) is 25.1. The molecule has 122 valence electrons. The Kier molecular flexibility index (Phi) is 7.50. The minimum Gasteiger partial charge on any atom is -0.393 e. The van der Waals surface area contributed by atoms with Crippen LogP contribution in [0, 0.1) is 0 Å². The summed E-state index contributed by atoms with van der Waals surface area (Å²) in [5.41, 5.74) is 0. The van der Waals surface area contributed by atoms with Crippen molar-refractivity contribution in [2.75, 3.05) is 13.2 Å². The summed E-state index contributed by atoms with van der Waals surface area (Å²) >= 11 is 13.5. The van der Waals surface area contributed by atoms with Crippen LogP contribution >= 0.6 is 35.1 Å². The monoisotopic (exact) mass is 363 g/mol. The number of ether oxygens (including phenoxy) is 2.